The van der Waals surface area contributed by atoms with Crippen LogP contribution in [0.1, 0.15) is 12.8 Å². The first-order valence-corrected chi connectivity index (χ1v) is 5.28. The molecule has 76 valence electrons. The van der Waals surface area contributed by atoms with Gasteiger partial charge in [0.25, 0.3) is 0 Å². The predicted molar refractivity (Wildman–Crippen MR) is 58.0 cm³/mol. The third-order valence-corrected chi connectivity index (χ3v) is 2.88. The molecule has 2 rings (SSSR count). The highest BCUT2D eigenvalue weighted by molar-refractivity contribution is 6.64. The van der Waals surface area contributed by atoms with Crippen molar-refractivity contribution >= 4 is 16.9 Å². The van der Waals surface area contributed by atoms with Crippen molar-refractivity contribution in [3.63, 3.8) is 0 Å². The lowest BCUT2D eigenvalue weighted by atomic mass is 10.4. The second kappa shape index (κ2) is 4.20. The van der Waals surface area contributed by atoms with Gasteiger partial charge in [0.1, 0.15) is 0 Å². The van der Waals surface area contributed by atoms with Crippen molar-refractivity contribution in [2.75, 3.05) is 26.4 Å². The summed E-state index contributed by atoms with van der Waals surface area (Å²) in [4.78, 5) is 8.45. The molecule has 0 saturated heterocycles. The van der Waals surface area contributed by atoms with Gasteiger partial charge in [0, 0.05) is 6.54 Å². The van der Waals surface area contributed by atoms with E-state index in [-0.39, 0.29) is 0 Å². The second-order valence-corrected chi connectivity index (χ2v) is 4.25. The Morgan fingerprint density at radius 1 is 1.57 bits per heavy atom. The molecule has 1 aliphatic carbocycles. The van der Waals surface area contributed by atoms with Gasteiger partial charge < -0.3 is 4.90 Å². The third kappa shape index (κ3) is 2.40. The molecule has 0 radical (unpaired) electrons. The van der Waals surface area contributed by atoms with Crippen LogP contribution in [0.3, 0.4) is 0 Å². The molecule has 2 aliphatic rings. The number of rotatable bonds is 3. The van der Waals surface area contributed by atoms with E-state index in [9.17, 15) is 0 Å². The number of halogens is 1. The summed E-state index contributed by atoms with van der Waals surface area (Å²) in [5, 5.41) is 0.644. The molecule has 0 N–H and O–H groups in total. The van der Waals surface area contributed by atoms with E-state index < -0.39 is 0 Å². The van der Waals surface area contributed by atoms with Crippen molar-refractivity contribution in [1.82, 2.24) is 9.80 Å². The number of terminal acetylenes is 1. The summed E-state index contributed by atoms with van der Waals surface area (Å²) in [6, 6.07) is 0. The molecule has 0 unspecified atom stereocenters. The highest BCUT2D eigenvalue weighted by Gasteiger charge is 2.27. The van der Waals surface area contributed by atoms with Crippen molar-refractivity contribution in [2.45, 2.75) is 12.8 Å². The minimum Gasteiger partial charge on any atom is -0.334 e. The molecule has 3 nitrogen and oxygen atoms in total. The predicted octanol–water partition coefficient (Wildman–Crippen LogP) is 1.16. The van der Waals surface area contributed by atoms with Crippen molar-refractivity contribution < 1.29 is 0 Å². The monoisotopic (exact) mass is 211 g/mol. The van der Waals surface area contributed by atoms with Gasteiger partial charge in [-0.05, 0) is 30.4 Å². The maximum Gasteiger partial charge on any atom is 0.196 e. The van der Waals surface area contributed by atoms with Crippen molar-refractivity contribution in [3.05, 3.63) is 0 Å². The first-order valence-electron chi connectivity index (χ1n) is 4.90. The van der Waals surface area contributed by atoms with E-state index in [1.807, 2.05) is 0 Å². The molecule has 0 amide bonds. The van der Waals surface area contributed by atoms with Crippen LogP contribution in [0.4, 0.5) is 0 Å². The Kier molecular flexibility index (Phi) is 2.95. The minimum absolute atomic E-state index is 0.629. The molecule has 0 spiro atoms. The van der Waals surface area contributed by atoms with Crippen LogP contribution in [0.15, 0.2) is 4.99 Å². The number of nitrogens with zero attached hydrogens (tertiary/aromatic N) is 3. The van der Waals surface area contributed by atoms with Crippen LogP contribution in [-0.4, -0.2) is 41.5 Å². The molecule has 1 aliphatic heterocycles. The fourth-order valence-electron chi connectivity index (χ4n) is 1.58. The molecular weight excluding hydrogens is 198 g/mol. The lowest BCUT2D eigenvalue weighted by molar-refractivity contribution is 0.190. The molecule has 1 heterocycles. The largest absolute Gasteiger partial charge is 0.334 e. The van der Waals surface area contributed by atoms with Gasteiger partial charge in [0.2, 0.25) is 0 Å². The molecule has 0 aromatic heterocycles. The van der Waals surface area contributed by atoms with E-state index in [2.05, 4.69) is 20.7 Å². The van der Waals surface area contributed by atoms with E-state index in [1.54, 1.807) is 0 Å². The van der Waals surface area contributed by atoms with E-state index in [4.69, 9.17) is 18.0 Å². The average molecular weight is 212 g/mol. The van der Waals surface area contributed by atoms with Crippen LogP contribution >= 0.6 is 11.6 Å². The van der Waals surface area contributed by atoms with E-state index >= 15 is 0 Å². The molecule has 1 saturated carbocycles. The zero-order valence-corrected chi connectivity index (χ0v) is 8.87. The normalized spacial score (nSPS) is 23.1. The van der Waals surface area contributed by atoms with Gasteiger partial charge in [0.15, 0.2) is 5.29 Å². The summed E-state index contributed by atoms with van der Waals surface area (Å²) in [6.07, 6.45) is 7.92. The lowest BCUT2D eigenvalue weighted by Crippen LogP contribution is -2.45. The minimum atomic E-state index is 0.629. The van der Waals surface area contributed by atoms with Gasteiger partial charge in [0.05, 0.1) is 19.9 Å². The molecule has 4 heteroatoms. The van der Waals surface area contributed by atoms with Gasteiger partial charge in [-0.15, -0.1) is 6.42 Å². The van der Waals surface area contributed by atoms with Crippen LogP contribution in [0.25, 0.3) is 0 Å². The first-order chi connectivity index (χ1) is 6.79. The van der Waals surface area contributed by atoms with Gasteiger partial charge in [-0.3, -0.25) is 4.90 Å². The molecule has 0 bridgehead atoms. The number of hydrogen-bond acceptors (Lipinski definition) is 3. The fraction of sp³-hybridized carbons (Fsp3) is 0.700. The maximum absolute atomic E-state index is 6.02. The molecule has 0 aromatic carbocycles. The van der Waals surface area contributed by atoms with E-state index in [1.165, 1.54) is 12.8 Å². The summed E-state index contributed by atoms with van der Waals surface area (Å²) in [5.74, 6) is 3.45. The Morgan fingerprint density at radius 3 is 3.00 bits per heavy atom. The molecule has 1 fully saturated rings. The Balaban J connectivity index is 1.90. The van der Waals surface area contributed by atoms with Gasteiger partial charge in [-0.25, -0.2) is 4.99 Å². The Morgan fingerprint density at radius 2 is 2.36 bits per heavy atom. The molecule has 0 atom stereocenters. The van der Waals surface area contributed by atoms with Crippen LogP contribution in [0.5, 0.6) is 0 Å². The van der Waals surface area contributed by atoms with Crippen LogP contribution in [0.2, 0.25) is 0 Å². The lowest BCUT2D eigenvalue weighted by Gasteiger charge is -2.32. The molecular formula is C10H14ClN3. The van der Waals surface area contributed by atoms with Gasteiger partial charge in [-0.2, -0.15) is 0 Å². The topological polar surface area (TPSA) is 18.8 Å². The smallest absolute Gasteiger partial charge is 0.196 e. The van der Waals surface area contributed by atoms with Crippen LogP contribution in [0, 0.1) is 18.3 Å². The summed E-state index contributed by atoms with van der Waals surface area (Å²) in [6.45, 7) is 3.13. The van der Waals surface area contributed by atoms with Crippen LogP contribution < -0.4 is 0 Å². The van der Waals surface area contributed by atoms with E-state index in [0.717, 1.165) is 19.1 Å². The van der Waals surface area contributed by atoms with Crippen molar-refractivity contribution in [3.8, 4) is 12.3 Å². The van der Waals surface area contributed by atoms with Crippen molar-refractivity contribution in [2.24, 2.45) is 10.9 Å². The Bertz CT molecular complexity index is 278. The zero-order chi connectivity index (χ0) is 9.97. The van der Waals surface area contributed by atoms with Crippen LogP contribution in [-0.2, 0) is 0 Å². The average Bonchev–Trinajstić information content (AvgIpc) is 2.95. The zero-order valence-electron chi connectivity index (χ0n) is 8.12. The van der Waals surface area contributed by atoms with Gasteiger partial charge >= 0.3 is 0 Å². The van der Waals surface area contributed by atoms with Crippen molar-refractivity contribution in [1.29, 1.82) is 0 Å². The Hall–Kier alpha value is -0.720. The first kappa shape index (κ1) is 9.82. The number of hydrogen-bond donors (Lipinski definition) is 0. The molecule has 0 aromatic rings. The summed E-state index contributed by atoms with van der Waals surface area (Å²) >= 11 is 6.02. The third-order valence-electron chi connectivity index (χ3n) is 2.52. The number of aliphatic imine (C=N–C) groups is 1. The standard InChI is InChI=1S/C10H14ClN3/c1-2-5-13-7-12-10(11)14(8-13)6-9-3-4-9/h1,9H,3-8H2. The second-order valence-electron chi connectivity index (χ2n) is 3.91. The SMILES string of the molecule is C#CCN1CN=C(Cl)N(CC2CC2)C1. The van der Waals surface area contributed by atoms with Gasteiger partial charge in [-0.1, -0.05) is 5.92 Å². The fourth-order valence-corrected chi connectivity index (χ4v) is 1.75. The van der Waals surface area contributed by atoms with E-state index in [0.29, 0.717) is 18.5 Å². The summed E-state index contributed by atoms with van der Waals surface area (Å²) < 4.78 is 0. The number of amidine groups is 1. The highest BCUT2D eigenvalue weighted by Crippen LogP contribution is 2.30. The summed E-state index contributed by atoms with van der Waals surface area (Å²) in [7, 11) is 0. The quantitative estimate of drug-likeness (QED) is 0.516. The highest BCUT2D eigenvalue weighted by atomic mass is 35.5. The maximum atomic E-state index is 6.02. The summed E-state index contributed by atoms with van der Waals surface area (Å²) in [5.41, 5.74) is 0. The molecule has 14 heavy (non-hydrogen) atoms. The Labute approximate surface area is 89.7 Å².